The Bertz CT molecular complexity index is 498. The fourth-order valence-corrected chi connectivity index (χ4v) is 2.85. The summed E-state index contributed by atoms with van der Waals surface area (Å²) in [5.74, 6) is 0.430. The molecule has 0 radical (unpaired) electrons. The molecule has 108 valence electrons. The van der Waals surface area contributed by atoms with Gasteiger partial charge in [0.25, 0.3) is 0 Å². The lowest BCUT2D eigenvalue weighted by Gasteiger charge is -2.21. The van der Waals surface area contributed by atoms with Gasteiger partial charge in [0.2, 0.25) is 10.0 Å². The van der Waals surface area contributed by atoms with Gasteiger partial charge in [-0.25, -0.2) is 13.1 Å². The molecule has 0 aliphatic carbocycles. The zero-order chi connectivity index (χ0) is 14.5. The highest BCUT2D eigenvalue weighted by Crippen LogP contribution is 2.22. The molecule has 0 aliphatic heterocycles. The van der Waals surface area contributed by atoms with E-state index in [4.69, 9.17) is 0 Å². The van der Waals surface area contributed by atoms with Crippen LogP contribution in [0.5, 0.6) is 0 Å². The number of sulfonamides is 1. The van der Waals surface area contributed by atoms with Crippen LogP contribution >= 0.6 is 0 Å². The predicted octanol–water partition coefficient (Wildman–Crippen LogP) is 2.83. The largest absolute Gasteiger partial charge is 0.381 e. The molecule has 2 N–H and O–H groups in total. The van der Waals surface area contributed by atoms with E-state index in [0.29, 0.717) is 23.0 Å². The van der Waals surface area contributed by atoms with E-state index in [1.807, 2.05) is 19.9 Å². The molecule has 0 saturated carbocycles. The van der Waals surface area contributed by atoms with Crippen LogP contribution in [0.2, 0.25) is 0 Å². The Labute approximate surface area is 116 Å². The Kier molecular flexibility index (Phi) is 5.82. The maximum absolute atomic E-state index is 12.2. The Morgan fingerprint density at radius 3 is 2.37 bits per heavy atom. The summed E-state index contributed by atoms with van der Waals surface area (Å²) in [5, 5.41) is 3.27. The van der Waals surface area contributed by atoms with Crippen LogP contribution in [0.15, 0.2) is 29.2 Å². The minimum Gasteiger partial charge on any atom is -0.381 e. The minimum absolute atomic E-state index is 0.211. The molecule has 0 fully saturated rings. The van der Waals surface area contributed by atoms with E-state index in [9.17, 15) is 8.42 Å². The van der Waals surface area contributed by atoms with Crippen LogP contribution in [-0.2, 0) is 10.0 Å². The fraction of sp³-hybridized carbons (Fsp3) is 0.571. The monoisotopic (exact) mass is 284 g/mol. The van der Waals surface area contributed by atoms with Crippen molar-refractivity contribution in [3.05, 3.63) is 24.3 Å². The highest BCUT2D eigenvalue weighted by molar-refractivity contribution is 7.89. The summed E-state index contributed by atoms with van der Waals surface area (Å²) in [7, 11) is -3.44. The van der Waals surface area contributed by atoms with Crippen molar-refractivity contribution < 1.29 is 8.42 Å². The van der Waals surface area contributed by atoms with E-state index < -0.39 is 10.0 Å². The summed E-state index contributed by atoms with van der Waals surface area (Å²) in [6.07, 6.45) is 0.775. The zero-order valence-corrected chi connectivity index (χ0v) is 12.9. The summed E-state index contributed by atoms with van der Waals surface area (Å²) < 4.78 is 27.0. The molecule has 1 unspecified atom stereocenters. The van der Waals surface area contributed by atoms with Crippen molar-refractivity contribution >= 4 is 15.7 Å². The highest BCUT2D eigenvalue weighted by atomic mass is 32.2. The molecule has 0 spiro atoms. The zero-order valence-electron chi connectivity index (χ0n) is 12.1. The van der Waals surface area contributed by atoms with Crippen LogP contribution in [0, 0.1) is 5.92 Å². The second-order valence-corrected chi connectivity index (χ2v) is 6.81. The second kappa shape index (κ2) is 6.91. The topological polar surface area (TPSA) is 58.2 Å². The van der Waals surface area contributed by atoms with Crippen LogP contribution in [0.3, 0.4) is 0 Å². The van der Waals surface area contributed by atoms with Gasteiger partial charge in [-0.15, -0.1) is 0 Å². The summed E-state index contributed by atoms with van der Waals surface area (Å²) in [4.78, 5) is 0.316. The molecular formula is C14H24N2O2S. The summed E-state index contributed by atoms with van der Waals surface area (Å²) in [5.41, 5.74) is 0.660. The van der Waals surface area contributed by atoms with Crippen LogP contribution in [0.1, 0.15) is 34.1 Å². The summed E-state index contributed by atoms with van der Waals surface area (Å²) in [6, 6.07) is 7.23. The smallest absolute Gasteiger partial charge is 0.242 e. The van der Waals surface area contributed by atoms with Crippen molar-refractivity contribution in [1.29, 1.82) is 0 Å². The third-order valence-corrected chi connectivity index (χ3v) is 4.62. The molecule has 1 rings (SSSR count). The first kappa shape index (κ1) is 16.0. The van der Waals surface area contributed by atoms with Gasteiger partial charge in [0.05, 0.1) is 5.69 Å². The second-order valence-electron chi connectivity index (χ2n) is 5.07. The van der Waals surface area contributed by atoms with Crippen molar-refractivity contribution in [2.45, 2.75) is 45.1 Å². The number of rotatable bonds is 7. The van der Waals surface area contributed by atoms with E-state index in [1.54, 1.807) is 18.2 Å². The Hall–Kier alpha value is -1.07. The van der Waals surface area contributed by atoms with Gasteiger partial charge in [-0.1, -0.05) is 32.9 Å². The number of benzene rings is 1. The molecule has 4 nitrogen and oxygen atoms in total. The minimum atomic E-state index is -3.44. The number of anilines is 1. The third-order valence-electron chi connectivity index (χ3n) is 3.10. The predicted molar refractivity (Wildman–Crippen MR) is 79.8 cm³/mol. The van der Waals surface area contributed by atoms with Crippen molar-refractivity contribution in [3.8, 4) is 0 Å². The van der Waals surface area contributed by atoms with Crippen LogP contribution in [-0.4, -0.2) is 21.0 Å². The molecule has 0 bridgehead atoms. The van der Waals surface area contributed by atoms with Gasteiger partial charge < -0.3 is 5.32 Å². The molecule has 0 aliphatic rings. The van der Waals surface area contributed by atoms with E-state index in [1.165, 1.54) is 0 Å². The van der Waals surface area contributed by atoms with Gasteiger partial charge in [-0.2, -0.15) is 0 Å². The Morgan fingerprint density at radius 2 is 1.79 bits per heavy atom. The lowest BCUT2D eigenvalue weighted by molar-refractivity contribution is 0.557. The van der Waals surface area contributed by atoms with Crippen molar-refractivity contribution in [1.82, 2.24) is 4.72 Å². The average molecular weight is 284 g/mol. The molecule has 1 aromatic rings. The molecule has 0 saturated heterocycles. The van der Waals surface area contributed by atoms with Gasteiger partial charge in [0.15, 0.2) is 0 Å². The van der Waals surface area contributed by atoms with Gasteiger partial charge in [0, 0.05) is 12.6 Å². The third kappa shape index (κ3) is 4.51. The molecule has 1 atom stereocenters. The number of para-hydroxylation sites is 1. The fourth-order valence-electron chi connectivity index (χ4n) is 1.55. The maximum Gasteiger partial charge on any atom is 0.242 e. The quantitative estimate of drug-likeness (QED) is 0.809. The number of hydrogen-bond donors (Lipinski definition) is 2. The van der Waals surface area contributed by atoms with Gasteiger partial charge in [-0.05, 0) is 31.4 Å². The molecule has 0 heterocycles. The van der Waals surface area contributed by atoms with Gasteiger partial charge in [0.1, 0.15) is 4.90 Å². The first-order valence-corrected chi connectivity index (χ1v) is 8.22. The first-order chi connectivity index (χ1) is 8.88. The van der Waals surface area contributed by atoms with E-state index in [2.05, 4.69) is 23.9 Å². The number of hydrogen-bond acceptors (Lipinski definition) is 3. The summed E-state index contributed by atoms with van der Waals surface area (Å²) >= 11 is 0. The first-order valence-electron chi connectivity index (χ1n) is 6.73. The van der Waals surface area contributed by atoms with Crippen molar-refractivity contribution in [2.75, 3.05) is 11.9 Å². The van der Waals surface area contributed by atoms with E-state index in [0.717, 1.165) is 6.42 Å². The maximum atomic E-state index is 12.2. The van der Waals surface area contributed by atoms with Gasteiger partial charge in [-0.3, -0.25) is 0 Å². The summed E-state index contributed by atoms with van der Waals surface area (Å²) in [6.45, 7) is 8.64. The Balaban J connectivity index is 3.02. The molecule has 1 aromatic carbocycles. The molecular weight excluding hydrogens is 260 g/mol. The number of nitrogens with one attached hydrogen (secondary N) is 2. The average Bonchev–Trinajstić information content (AvgIpc) is 2.36. The molecule has 0 amide bonds. The van der Waals surface area contributed by atoms with Crippen LogP contribution < -0.4 is 10.0 Å². The normalized spacial score (nSPS) is 13.5. The van der Waals surface area contributed by atoms with Gasteiger partial charge >= 0.3 is 0 Å². The SMILES string of the molecule is CCCNS(=O)(=O)c1ccccc1NC(C)C(C)C. The molecule has 19 heavy (non-hydrogen) atoms. The van der Waals surface area contributed by atoms with Crippen molar-refractivity contribution in [2.24, 2.45) is 5.92 Å². The standard InChI is InChI=1S/C14H24N2O2S/c1-5-10-15-19(17,18)14-9-7-6-8-13(14)16-12(4)11(2)3/h6-9,11-12,15-16H,5,10H2,1-4H3. The molecule has 5 heteroatoms. The van der Waals surface area contributed by atoms with E-state index >= 15 is 0 Å². The van der Waals surface area contributed by atoms with Crippen LogP contribution in [0.4, 0.5) is 5.69 Å². The van der Waals surface area contributed by atoms with Crippen LogP contribution in [0.25, 0.3) is 0 Å². The van der Waals surface area contributed by atoms with Crippen molar-refractivity contribution in [3.63, 3.8) is 0 Å². The van der Waals surface area contributed by atoms with E-state index in [-0.39, 0.29) is 6.04 Å². The Morgan fingerprint density at radius 1 is 1.16 bits per heavy atom. The highest BCUT2D eigenvalue weighted by Gasteiger charge is 2.18. The molecule has 0 aromatic heterocycles. The lowest BCUT2D eigenvalue weighted by atomic mass is 10.1. The lowest BCUT2D eigenvalue weighted by Crippen LogP contribution is -2.27.